The number of unbranched alkanes of at least 4 members (excludes halogenated alkanes) is 1. The molecule has 0 aliphatic carbocycles. The highest BCUT2D eigenvalue weighted by molar-refractivity contribution is 7.99. The van der Waals surface area contributed by atoms with Crippen LogP contribution in [0.1, 0.15) is 50.5 Å². The Balaban J connectivity index is 2.17. The Bertz CT molecular complexity index is 523. The highest BCUT2D eigenvalue weighted by Crippen LogP contribution is 2.42. The van der Waals surface area contributed by atoms with Gasteiger partial charge in [0.15, 0.2) is 0 Å². The van der Waals surface area contributed by atoms with Crippen LogP contribution in [0, 0.1) is 5.92 Å². The van der Waals surface area contributed by atoms with Crippen LogP contribution >= 0.6 is 35.0 Å². The fourth-order valence-electron chi connectivity index (χ4n) is 2.84. The van der Waals surface area contributed by atoms with Gasteiger partial charge in [0.05, 0.1) is 0 Å². The maximum absolute atomic E-state index is 12.9. The summed E-state index contributed by atoms with van der Waals surface area (Å²) in [5, 5.41) is 1.29. The number of benzene rings is 1. The van der Waals surface area contributed by atoms with Crippen molar-refractivity contribution >= 4 is 40.9 Å². The minimum absolute atomic E-state index is 0.0212. The lowest BCUT2D eigenvalue weighted by Crippen LogP contribution is -2.35. The Morgan fingerprint density at radius 3 is 2.82 bits per heavy atom. The van der Waals surface area contributed by atoms with E-state index in [-0.39, 0.29) is 17.2 Å². The van der Waals surface area contributed by atoms with E-state index in [1.165, 1.54) is 0 Å². The van der Waals surface area contributed by atoms with Gasteiger partial charge < -0.3 is 4.90 Å². The number of rotatable bonds is 6. The van der Waals surface area contributed by atoms with Gasteiger partial charge in [-0.2, -0.15) is 0 Å². The summed E-state index contributed by atoms with van der Waals surface area (Å²) >= 11 is 14.1. The van der Waals surface area contributed by atoms with Crippen molar-refractivity contribution in [3.05, 3.63) is 33.8 Å². The van der Waals surface area contributed by atoms with Gasteiger partial charge in [-0.3, -0.25) is 4.79 Å². The van der Waals surface area contributed by atoms with E-state index in [0.717, 1.165) is 43.5 Å². The van der Waals surface area contributed by atoms with E-state index in [1.54, 1.807) is 17.8 Å². The van der Waals surface area contributed by atoms with Gasteiger partial charge in [-0.25, -0.2) is 0 Å². The largest absolute Gasteiger partial charge is 0.325 e. The van der Waals surface area contributed by atoms with Crippen molar-refractivity contribution in [3.63, 3.8) is 0 Å². The smallest absolute Gasteiger partial charge is 0.226 e. The van der Waals surface area contributed by atoms with Gasteiger partial charge in [-0.05, 0) is 25.0 Å². The van der Waals surface area contributed by atoms with Crippen LogP contribution in [0.4, 0.5) is 0 Å². The van der Waals surface area contributed by atoms with E-state index in [4.69, 9.17) is 23.2 Å². The second kappa shape index (κ2) is 8.47. The lowest BCUT2D eigenvalue weighted by atomic mass is 9.97. The standard InChI is InChI=1S/C17H23Cl2NOS/c1-3-5-6-12(4-2)16(21)20-9-10-22-17(20)14-8-7-13(18)11-15(14)19/h7-8,11-12,17H,3-6,9-10H2,1-2H3/t12-,17-/m1/s1. The molecule has 1 aromatic rings. The molecule has 22 heavy (non-hydrogen) atoms. The van der Waals surface area contributed by atoms with Crippen LogP contribution in [-0.4, -0.2) is 23.1 Å². The number of amides is 1. The number of carbonyl (C=O) groups excluding carboxylic acids is 1. The average molecular weight is 360 g/mol. The number of hydrogen-bond acceptors (Lipinski definition) is 2. The van der Waals surface area contributed by atoms with E-state index in [2.05, 4.69) is 13.8 Å². The summed E-state index contributed by atoms with van der Waals surface area (Å²) in [5.41, 5.74) is 0.993. The van der Waals surface area contributed by atoms with E-state index in [9.17, 15) is 4.79 Å². The molecule has 1 aromatic carbocycles. The van der Waals surface area contributed by atoms with E-state index in [1.807, 2.05) is 17.0 Å². The molecular formula is C17H23Cl2NOS. The third-order valence-electron chi connectivity index (χ3n) is 4.15. The summed E-state index contributed by atoms with van der Waals surface area (Å²) < 4.78 is 0. The number of nitrogens with zero attached hydrogens (tertiary/aromatic N) is 1. The normalized spacial score (nSPS) is 19.5. The molecule has 2 atom stereocenters. The highest BCUT2D eigenvalue weighted by Gasteiger charge is 2.34. The van der Waals surface area contributed by atoms with Gasteiger partial charge in [0.1, 0.15) is 5.37 Å². The van der Waals surface area contributed by atoms with Crippen molar-refractivity contribution in [2.45, 2.75) is 44.9 Å². The number of hydrogen-bond donors (Lipinski definition) is 0. The van der Waals surface area contributed by atoms with Crippen LogP contribution in [0.25, 0.3) is 0 Å². The maximum atomic E-state index is 12.9. The van der Waals surface area contributed by atoms with Crippen LogP contribution in [-0.2, 0) is 4.79 Å². The molecule has 1 fully saturated rings. The Kier molecular flexibility index (Phi) is 6.91. The van der Waals surface area contributed by atoms with E-state index < -0.39 is 0 Å². The Labute approximate surface area is 147 Å². The van der Waals surface area contributed by atoms with E-state index in [0.29, 0.717) is 10.0 Å². The minimum Gasteiger partial charge on any atom is -0.325 e. The zero-order valence-electron chi connectivity index (χ0n) is 13.1. The summed E-state index contributed by atoms with van der Waals surface area (Å²) in [7, 11) is 0. The third-order valence-corrected chi connectivity index (χ3v) is 5.96. The molecule has 2 rings (SSSR count). The topological polar surface area (TPSA) is 20.3 Å². The zero-order chi connectivity index (χ0) is 16.1. The number of thioether (sulfide) groups is 1. The fraction of sp³-hybridized carbons (Fsp3) is 0.588. The monoisotopic (exact) mass is 359 g/mol. The first kappa shape index (κ1) is 18.0. The summed E-state index contributed by atoms with van der Waals surface area (Å²) in [6.07, 6.45) is 4.12. The quantitative estimate of drug-likeness (QED) is 0.640. The molecule has 1 saturated heterocycles. The second-order valence-corrected chi connectivity index (χ2v) is 7.70. The molecule has 1 heterocycles. The lowest BCUT2D eigenvalue weighted by Gasteiger charge is -2.28. The van der Waals surface area contributed by atoms with Crippen molar-refractivity contribution in [3.8, 4) is 0 Å². The van der Waals surface area contributed by atoms with Crippen molar-refractivity contribution in [1.82, 2.24) is 4.90 Å². The summed E-state index contributed by atoms with van der Waals surface area (Å²) in [6, 6.07) is 5.55. The van der Waals surface area contributed by atoms with Crippen LogP contribution < -0.4 is 0 Å². The first-order valence-corrected chi connectivity index (χ1v) is 9.76. The predicted octanol–water partition coefficient (Wildman–Crippen LogP) is 5.78. The van der Waals surface area contributed by atoms with Crippen LogP contribution in [0.15, 0.2) is 18.2 Å². The van der Waals surface area contributed by atoms with Crippen molar-refractivity contribution < 1.29 is 4.79 Å². The molecule has 0 unspecified atom stereocenters. The summed E-state index contributed by atoms with van der Waals surface area (Å²) in [6.45, 7) is 5.07. The molecule has 0 N–H and O–H groups in total. The molecule has 2 nitrogen and oxygen atoms in total. The molecule has 0 aromatic heterocycles. The third kappa shape index (κ3) is 4.12. The van der Waals surface area contributed by atoms with E-state index >= 15 is 0 Å². The molecule has 0 spiro atoms. The molecule has 0 saturated carbocycles. The molecule has 0 bridgehead atoms. The SMILES string of the molecule is CCCC[C@@H](CC)C(=O)N1CCS[C@@H]1c1ccc(Cl)cc1Cl. The Morgan fingerprint density at radius 1 is 1.41 bits per heavy atom. The minimum atomic E-state index is 0.0212. The number of halogens is 2. The van der Waals surface area contributed by atoms with Gasteiger partial charge in [-0.1, -0.05) is 56.0 Å². The molecular weight excluding hydrogens is 337 g/mol. The fourth-order valence-corrected chi connectivity index (χ4v) is 4.72. The first-order valence-electron chi connectivity index (χ1n) is 7.95. The van der Waals surface area contributed by atoms with Crippen molar-refractivity contribution in [2.75, 3.05) is 12.3 Å². The summed E-state index contributed by atoms with van der Waals surface area (Å²) in [4.78, 5) is 14.9. The lowest BCUT2D eigenvalue weighted by molar-refractivity contribution is -0.136. The first-order chi connectivity index (χ1) is 10.6. The molecule has 1 aliphatic rings. The van der Waals surface area contributed by atoms with Crippen molar-refractivity contribution in [1.29, 1.82) is 0 Å². The van der Waals surface area contributed by atoms with Crippen LogP contribution in [0.5, 0.6) is 0 Å². The Morgan fingerprint density at radius 2 is 2.18 bits per heavy atom. The van der Waals surface area contributed by atoms with Gasteiger partial charge in [0.2, 0.25) is 5.91 Å². The van der Waals surface area contributed by atoms with Gasteiger partial charge in [-0.15, -0.1) is 11.8 Å². The molecule has 122 valence electrons. The second-order valence-electron chi connectivity index (χ2n) is 5.67. The molecule has 5 heteroatoms. The van der Waals surface area contributed by atoms with Crippen LogP contribution in [0.3, 0.4) is 0 Å². The molecule has 0 radical (unpaired) electrons. The Hall–Kier alpha value is -0.380. The van der Waals surface area contributed by atoms with Crippen LogP contribution in [0.2, 0.25) is 10.0 Å². The maximum Gasteiger partial charge on any atom is 0.226 e. The highest BCUT2D eigenvalue weighted by atomic mass is 35.5. The van der Waals surface area contributed by atoms with Crippen molar-refractivity contribution in [2.24, 2.45) is 5.92 Å². The molecule has 1 amide bonds. The number of carbonyl (C=O) groups is 1. The molecule has 1 aliphatic heterocycles. The predicted molar refractivity (Wildman–Crippen MR) is 96.7 cm³/mol. The summed E-state index contributed by atoms with van der Waals surface area (Å²) in [5.74, 6) is 1.36. The van der Waals surface area contributed by atoms with Gasteiger partial charge in [0, 0.05) is 33.8 Å². The average Bonchev–Trinajstić information content (AvgIpc) is 2.97. The zero-order valence-corrected chi connectivity index (χ0v) is 15.5. The van der Waals surface area contributed by atoms with Gasteiger partial charge in [0.25, 0.3) is 0 Å². The van der Waals surface area contributed by atoms with Gasteiger partial charge >= 0.3 is 0 Å².